The molecule has 0 heterocycles. The van der Waals surface area contributed by atoms with E-state index >= 15 is 0 Å². The molecule has 5 heteroatoms. The van der Waals surface area contributed by atoms with Gasteiger partial charge < -0.3 is 14.8 Å². The second-order valence-electron chi connectivity index (χ2n) is 6.66. The average molecular weight is 336 g/mol. The molecular weight excluding hydrogens is 314 g/mol. The Bertz CT molecular complexity index is 616. The largest absolute Gasteiger partial charge is 0.481 e. The number of rotatable bonds is 5. The molecule has 0 spiro atoms. The van der Waals surface area contributed by atoms with Crippen LogP contribution >= 0.6 is 11.6 Å². The maximum absolute atomic E-state index is 11.7. The van der Waals surface area contributed by atoms with Crippen LogP contribution in [0.4, 0.5) is 4.79 Å². The summed E-state index contributed by atoms with van der Waals surface area (Å²) in [6.07, 6.45) is 5.83. The van der Waals surface area contributed by atoms with Crippen LogP contribution in [-0.4, -0.2) is 24.8 Å². The number of benzene rings is 1. The van der Waals surface area contributed by atoms with Crippen LogP contribution in [0.15, 0.2) is 18.2 Å². The summed E-state index contributed by atoms with van der Waals surface area (Å²) >= 11 is 6.08. The SMILES string of the molecule is C#CCOc1ccc(Cl)cc1C1CC1CNC(=O)OC(C)(C)C. The van der Waals surface area contributed by atoms with Crippen molar-refractivity contribution in [1.82, 2.24) is 5.32 Å². The van der Waals surface area contributed by atoms with Gasteiger partial charge in [-0.25, -0.2) is 4.79 Å². The van der Waals surface area contributed by atoms with E-state index in [9.17, 15) is 4.79 Å². The minimum Gasteiger partial charge on any atom is -0.481 e. The van der Waals surface area contributed by atoms with Crippen molar-refractivity contribution in [3.8, 4) is 18.1 Å². The van der Waals surface area contributed by atoms with Crippen LogP contribution in [0.3, 0.4) is 0 Å². The van der Waals surface area contributed by atoms with Gasteiger partial charge in [-0.2, -0.15) is 0 Å². The Kier molecular flexibility index (Phi) is 5.43. The summed E-state index contributed by atoms with van der Waals surface area (Å²) in [5.41, 5.74) is 0.555. The standard InChI is InChI=1S/C18H22ClNO3/c1-5-8-22-16-7-6-13(19)10-15(16)14-9-12(14)11-20-17(21)23-18(2,3)4/h1,6-7,10,12,14H,8-9,11H2,2-4H3,(H,20,21). The molecule has 1 saturated carbocycles. The first-order valence-electron chi connectivity index (χ1n) is 7.62. The van der Waals surface area contributed by atoms with Gasteiger partial charge in [-0.3, -0.25) is 0 Å². The maximum atomic E-state index is 11.7. The highest BCUT2D eigenvalue weighted by Gasteiger charge is 2.40. The van der Waals surface area contributed by atoms with Crippen molar-refractivity contribution in [2.45, 2.75) is 38.7 Å². The summed E-state index contributed by atoms with van der Waals surface area (Å²) in [6.45, 7) is 6.32. The predicted molar refractivity (Wildman–Crippen MR) is 90.9 cm³/mol. The van der Waals surface area contributed by atoms with Crippen molar-refractivity contribution in [2.24, 2.45) is 5.92 Å². The van der Waals surface area contributed by atoms with E-state index in [1.807, 2.05) is 32.9 Å². The first kappa shape index (κ1) is 17.5. The second kappa shape index (κ2) is 7.14. The Hall–Kier alpha value is -1.86. The molecular formula is C18H22ClNO3. The lowest BCUT2D eigenvalue weighted by Gasteiger charge is -2.19. The van der Waals surface area contributed by atoms with E-state index in [-0.39, 0.29) is 6.61 Å². The van der Waals surface area contributed by atoms with Gasteiger partial charge in [0.05, 0.1) is 0 Å². The summed E-state index contributed by atoms with van der Waals surface area (Å²) in [5, 5.41) is 3.48. The van der Waals surface area contributed by atoms with E-state index in [1.54, 1.807) is 6.07 Å². The van der Waals surface area contributed by atoms with Gasteiger partial charge in [-0.1, -0.05) is 17.5 Å². The number of hydrogen-bond acceptors (Lipinski definition) is 3. The summed E-state index contributed by atoms with van der Waals surface area (Å²) in [7, 11) is 0. The molecule has 4 nitrogen and oxygen atoms in total. The van der Waals surface area contributed by atoms with E-state index in [0.717, 1.165) is 17.7 Å². The molecule has 124 valence electrons. The molecule has 0 radical (unpaired) electrons. The van der Waals surface area contributed by atoms with Crippen LogP contribution in [-0.2, 0) is 4.74 Å². The molecule has 1 aliphatic rings. The summed E-state index contributed by atoms with van der Waals surface area (Å²) in [4.78, 5) is 11.7. The predicted octanol–water partition coefficient (Wildman–Crippen LogP) is 3.98. The third kappa shape index (κ3) is 5.37. The van der Waals surface area contributed by atoms with Gasteiger partial charge in [-0.15, -0.1) is 6.42 Å². The monoisotopic (exact) mass is 335 g/mol. The Balaban J connectivity index is 1.92. The Morgan fingerprint density at radius 1 is 1.48 bits per heavy atom. The van der Waals surface area contributed by atoms with E-state index in [0.29, 0.717) is 23.4 Å². The third-order valence-corrected chi connectivity index (χ3v) is 3.75. The van der Waals surface area contributed by atoms with E-state index in [1.165, 1.54) is 0 Å². The highest BCUT2D eigenvalue weighted by atomic mass is 35.5. The number of amides is 1. The lowest BCUT2D eigenvalue weighted by atomic mass is 10.1. The molecule has 0 saturated heterocycles. The summed E-state index contributed by atoms with van der Waals surface area (Å²) < 4.78 is 10.8. The number of ether oxygens (including phenoxy) is 2. The van der Waals surface area contributed by atoms with Gasteiger partial charge in [0, 0.05) is 11.6 Å². The molecule has 0 aromatic heterocycles. The molecule has 1 aromatic carbocycles. The van der Waals surface area contributed by atoms with Crippen LogP contribution < -0.4 is 10.1 Å². The highest BCUT2D eigenvalue weighted by Crippen LogP contribution is 2.50. The van der Waals surface area contributed by atoms with Crippen LogP contribution in [0, 0.1) is 18.3 Å². The summed E-state index contributed by atoms with van der Waals surface area (Å²) in [5.74, 6) is 3.89. The minimum atomic E-state index is -0.490. The van der Waals surface area contributed by atoms with Gasteiger partial charge in [0.25, 0.3) is 0 Å². The number of carbonyl (C=O) groups excluding carboxylic acids is 1. The van der Waals surface area contributed by atoms with E-state index in [2.05, 4.69) is 11.2 Å². The first-order chi connectivity index (χ1) is 10.8. The van der Waals surface area contributed by atoms with Gasteiger partial charge in [0.15, 0.2) is 0 Å². The number of hydrogen-bond donors (Lipinski definition) is 1. The molecule has 1 amide bonds. The first-order valence-corrected chi connectivity index (χ1v) is 8.00. The van der Waals surface area contributed by atoms with E-state index in [4.69, 9.17) is 27.5 Å². The number of nitrogens with one attached hydrogen (secondary N) is 1. The maximum Gasteiger partial charge on any atom is 0.407 e. The molecule has 0 bridgehead atoms. The molecule has 1 aromatic rings. The lowest BCUT2D eigenvalue weighted by molar-refractivity contribution is 0.0525. The van der Waals surface area contributed by atoms with Crippen LogP contribution in [0.5, 0.6) is 5.75 Å². The fourth-order valence-corrected chi connectivity index (χ4v) is 2.62. The Labute approximate surface area is 142 Å². The van der Waals surface area contributed by atoms with Crippen molar-refractivity contribution in [2.75, 3.05) is 13.2 Å². The Morgan fingerprint density at radius 3 is 2.87 bits per heavy atom. The zero-order valence-electron chi connectivity index (χ0n) is 13.7. The highest BCUT2D eigenvalue weighted by molar-refractivity contribution is 6.30. The van der Waals surface area contributed by atoms with Crippen LogP contribution in [0.1, 0.15) is 38.7 Å². The van der Waals surface area contributed by atoms with Crippen molar-refractivity contribution in [3.63, 3.8) is 0 Å². The number of alkyl carbamates (subject to hydrolysis) is 1. The number of terminal acetylenes is 1. The van der Waals surface area contributed by atoms with E-state index < -0.39 is 11.7 Å². The molecule has 1 fully saturated rings. The smallest absolute Gasteiger partial charge is 0.407 e. The number of halogens is 1. The van der Waals surface area contributed by atoms with Gasteiger partial charge in [-0.05, 0) is 62.8 Å². The lowest BCUT2D eigenvalue weighted by Crippen LogP contribution is -2.33. The minimum absolute atomic E-state index is 0.224. The fraction of sp³-hybridized carbons (Fsp3) is 0.500. The third-order valence-electron chi connectivity index (χ3n) is 3.51. The molecule has 1 N–H and O–H groups in total. The fourth-order valence-electron chi connectivity index (χ4n) is 2.44. The van der Waals surface area contributed by atoms with Gasteiger partial charge in [0.2, 0.25) is 0 Å². The molecule has 2 atom stereocenters. The van der Waals surface area contributed by atoms with Crippen molar-refractivity contribution in [3.05, 3.63) is 28.8 Å². The van der Waals surface area contributed by atoms with Crippen molar-refractivity contribution >= 4 is 17.7 Å². The molecule has 23 heavy (non-hydrogen) atoms. The molecule has 2 rings (SSSR count). The Morgan fingerprint density at radius 2 is 2.22 bits per heavy atom. The topological polar surface area (TPSA) is 47.6 Å². The van der Waals surface area contributed by atoms with Crippen LogP contribution in [0.25, 0.3) is 0 Å². The number of carbonyl (C=O) groups is 1. The second-order valence-corrected chi connectivity index (χ2v) is 7.10. The van der Waals surface area contributed by atoms with Crippen molar-refractivity contribution in [1.29, 1.82) is 0 Å². The zero-order valence-corrected chi connectivity index (χ0v) is 14.4. The summed E-state index contributed by atoms with van der Waals surface area (Å²) in [6, 6.07) is 5.53. The van der Waals surface area contributed by atoms with Gasteiger partial charge >= 0.3 is 6.09 Å². The molecule has 1 aliphatic carbocycles. The normalized spacial score (nSPS) is 19.6. The molecule has 2 unspecified atom stereocenters. The molecule has 0 aliphatic heterocycles. The quantitative estimate of drug-likeness (QED) is 0.828. The van der Waals surface area contributed by atoms with Crippen LogP contribution in [0.2, 0.25) is 5.02 Å². The zero-order chi connectivity index (χ0) is 17.0. The van der Waals surface area contributed by atoms with Crippen molar-refractivity contribution < 1.29 is 14.3 Å². The average Bonchev–Trinajstić information content (AvgIpc) is 3.21. The van der Waals surface area contributed by atoms with Gasteiger partial charge in [0.1, 0.15) is 18.0 Å².